The highest BCUT2D eigenvalue weighted by molar-refractivity contribution is 5.96. The number of fused-ring (bicyclic) bond motifs is 9. The summed E-state index contributed by atoms with van der Waals surface area (Å²) in [6.45, 7) is 7.63. The molecule has 3 nitrogen and oxygen atoms in total. The maximum Gasteiger partial charge on any atom is 0.0954 e. The van der Waals surface area contributed by atoms with Gasteiger partial charge in [0.2, 0.25) is 0 Å². The Hall–Kier alpha value is -1.35. The van der Waals surface area contributed by atoms with Crippen molar-refractivity contribution in [3.05, 3.63) is 36.5 Å². The molecule has 6 aliphatic rings. The van der Waals surface area contributed by atoms with Crippen LogP contribution < -0.4 is 0 Å². The van der Waals surface area contributed by atoms with Crippen molar-refractivity contribution < 1.29 is 9.94 Å². The smallest absolute Gasteiger partial charge is 0.0954 e. The number of nitrogens with zero attached hydrogens (tertiary/aromatic N) is 1. The average Bonchev–Trinajstić information content (AvgIpc) is 3.26. The maximum absolute atomic E-state index is 9.25. The Kier molecular flexibility index (Phi) is 3.30. The first kappa shape index (κ1) is 16.6. The van der Waals surface area contributed by atoms with Crippen LogP contribution in [0.2, 0.25) is 0 Å². The van der Waals surface area contributed by atoms with Crippen LogP contribution >= 0.6 is 0 Å². The third kappa shape index (κ3) is 1.90. The molecule has 0 unspecified atom stereocenters. The summed E-state index contributed by atoms with van der Waals surface area (Å²) in [5.74, 6) is 5.16. The molecular formula is C24H31NO2. The number of oxime groups is 1. The van der Waals surface area contributed by atoms with E-state index in [2.05, 4.69) is 43.0 Å². The fourth-order valence-electron chi connectivity index (χ4n) is 8.66. The Morgan fingerprint density at radius 3 is 2.96 bits per heavy atom. The number of hydrogen-bond donors (Lipinski definition) is 1. The van der Waals surface area contributed by atoms with Crippen LogP contribution in [0.15, 0.2) is 41.6 Å². The second kappa shape index (κ2) is 5.37. The fraction of sp³-hybridized carbons (Fsp3) is 0.708. The fourth-order valence-corrected chi connectivity index (χ4v) is 8.66. The van der Waals surface area contributed by atoms with Crippen molar-refractivity contribution in [1.29, 1.82) is 0 Å². The van der Waals surface area contributed by atoms with Crippen LogP contribution in [0.4, 0.5) is 0 Å². The van der Waals surface area contributed by atoms with Gasteiger partial charge in [-0.25, -0.2) is 0 Å². The Morgan fingerprint density at radius 1 is 1.33 bits per heavy atom. The third-order valence-corrected chi connectivity index (χ3v) is 9.62. The van der Waals surface area contributed by atoms with Gasteiger partial charge in [0.05, 0.1) is 17.9 Å². The molecule has 0 amide bonds. The lowest BCUT2D eigenvalue weighted by Crippen LogP contribution is -2.56. The summed E-state index contributed by atoms with van der Waals surface area (Å²) in [4.78, 5) is 0. The van der Waals surface area contributed by atoms with E-state index in [1.807, 2.05) is 0 Å². The van der Waals surface area contributed by atoms with E-state index < -0.39 is 0 Å². The molecule has 1 N–H and O–H groups in total. The molecule has 4 saturated carbocycles. The van der Waals surface area contributed by atoms with E-state index in [9.17, 15) is 5.21 Å². The quantitative estimate of drug-likeness (QED) is 0.404. The zero-order chi connectivity index (χ0) is 18.4. The van der Waals surface area contributed by atoms with Gasteiger partial charge in [-0.2, -0.15) is 0 Å². The number of hydrogen-bond acceptors (Lipinski definition) is 3. The molecule has 3 heteroatoms. The molecular weight excluding hydrogens is 334 g/mol. The summed E-state index contributed by atoms with van der Waals surface area (Å²) in [6.07, 6.45) is 16.4. The lowest BCUT2D eigenvalue weighted by Gasteiger charge is -2.59. The topological polar surface area (TPSA) is 41.8 Å². The van der Waals surface area contributed by atoms with E-state index in [4.69, 9.17) is 4.74 Å². The average molecular weight is 366 g/mol. The lowest BCUT2D eigenvalue weighted by molar-refractivity contribution is -0.136. The predicted molar refractivity (Wildman–Crippen MR) is 106 cm³/mol. The van der Waals surface area contributed by atoms with Gasteiger partial charge in [0.1, 0.15) is 0 Å². The molecule has 1 spiro atoms. The summed E-state index contributed by atoms with van der Waals surface area (Å²) in [6, 6.07) is 0. The summed E-state index contributed by atoms with van der Waals surface area (Å²) in [7, 11) is 0. The summed E-state index contributed by atoms with van der Waals surface area (Å²) in [5.41, 5.74) is 2.72. The highest BCUT2D eigenvalue weighted by Crippen LogP contribution is 2.78. The van der Waals surface area contributed by atoms with Gasteiger partial charge in [-0.05, 0) is 86.0 Å². The molecule has 0 radical (unpaired) electrons. The van der Waals surface area contributed by atoms with Gasteiger partial charge in [-0.3, -0.25) is 0 Å². The van der Waals surface area contributed by atoms with Crippen molar-refractivity contribution in [2.24, 2.45) is 52.0 Å². The van der Waals surface area contributed by atoms with Crippen LogP contribution in [0.3, 0.4) is 0 Å². The van der Waals surface area contributed by atoms with E-state index >= 15 is 0 Å². The van der Waals surface area contributed by atoms with Gasteiger partial charge < -0.3 is 9.94 Å². The highest BCUT2D eigenvalue weighted by atomic mass is 16.5. The highest BCUT2D eigenvalue weighted by Gasteiger charge is 2.76. The Balaban J connectivity index is 1.42. The minimum Gasteiger partial charge on any atom is -0.411 e. The molecule has 0 saturated heterocycles. The van der Waals surface area contributed by atoms with Crippen LogP contribution in [0.5, 0.6) is 0 Å². The number of rotatable bonds is 1. The van der Waals surface area contributed by atoms with Crippen molar-refractivity contribution in [2.45, 2.75) is 51.0 Å². The Bertz CT molecular complexity index is 781. The zero-order valence-electron chi connectivity index (χ0n) is 16.3. The molecule has 0 bridgehead atoms. The van der Waals surface area contributed by atoms with Crippen molar-refractivity contribution in [1.82, 2.24) is 0 Å². The first-order chi connectivity index (χ1) is 13.1. The molecule has 5 aliphatic carbocycles. The summed E-state index contributed by atoms with van der Waals surface area (Å²) in [5, 5.41) is 12.8. The molecule has 1 heterocycles. The van der Waals surface area contributed by atoms with Crippen LogP contribution in [-0.2, 0) is 4.74 Å². The predicted octanol–water partition coefficient (Wildman–Crippen LogP) is 4.98. The first-order valence-electron chi connectivity index (χ1n) is 11.0. The van der Waals surface area contributed by atoms with Crippen LogP contribution in [0.1, 0.15) is 45.4 Å². The largest absolute Gasteiger partial charge is 0.411 e. The van der Waals surface area contributed by atoms with E-state index in [1.165, 1.54) is 24.8 Å². The zero-order valence-corrected chi connectivity index (χ0v) is 16.3. The molecule has 0 aromatic carbocycles. The van der Waals surface area contributed by atoms with Gasteiger partial charge in [0.15, 0.2) is 0 Å². The summed E-state index contributed by atoms with van der Waals surface area (Å²) < 4.78 is 6.52. The van der Waals surface area contributed by atoms with Gasteiger partial charge in [0, 0.05) is 5.41 Å². The number of allylic oxidation sites excluding steroid dienone is 3. The molecule has 1 aliphatic heterocycles. The molecule has 0 aromatic rings. The monoisotopic (exact) mass is 365 g/mol. The van der Waals surface area contributed by atoms with E-state index in [0.29, 0.717) is 17.3 Å². The Labute approximate surface area is 162 Å². The molecule has 0 aromatic heterocycles. The summed E-state index contributed by atoms with van der Waals surface area (Å²) >= 11 is 0. The van der Waals surface area contributed by atoms with E-state index in [-0.39, 0.29) is 5.60 Å². The number of ether oxygens (including phenoxy) is 1. The first-order valence-corrected chi connectivity index (χ1v) is 11.0. The van der Waals surface area contributed by atoms with Crippen molar-refractivity contribution in [2.75, 3.05) is 6.61 Å². The second-order valence-electron chi connectivity index (χ2n) is 10.3. The normalized spacial score (nSPS) is 56.3. The molecule has 6 rings (SSSR count). The van der Waals surface area contributed by atoms with Gasteiger partial charge in [-0.15, -0.1) is 6.58 Å². The van der Waals surface area contributed by atoms with E-state index in [0.717, 1.165) is 61.2 Å². The SMILES string of the molecule is C=C[C@@H]1CC2=C/C(=N/O)CC[C@@H]2[C@H]2CC[C@@]3(C)[C@@H]([C@H]4C[C@H]4[C@@]34C=CCO4)[C@@H]21. The molecule has 4 fully saturated rings. The van der Waals surface area contributed by atoms with Crippen molar-refractivity contribution in [3.8, 4) is 0 Å². The van der Waals surface area contributed by atoms with Crippen molar-refractivity contribution in [3.63, 3.8) is 0 Å². The lowest BCUT2D eigenvalue weighted by atomic mass is 9.47. The standard InChI is InChI=1S/C24H31NO2/c1-3-14-11-15-12-16(25-26)5-6-17(15)18-7-9-23(2)22(21(14)18)19-13-20(19)24(23)8-4-10-27-24/h3-4,8,12,14,17-22,26H,1,5-7,9-11,13H2,2H3/b25-16+/t14-,17+,18-,19+,20-,21-,22+,23+,24+/m1/s1. The minimum absolute atomic E-state index is 0.0262. The molecule has 9 atom stereocenters. The molecule has 27 heavy (non-hydrogen) atoms. The van der Waals surface area contributed by atoms with Gasteiger partial charge in [-0.1, -0.05) is 35.9 Å². The Morgan fingerprint density at radius 2 is 2.22 bits per heavy atom. The van der Waals surface area contributed by atoms with Gasteiger partial charge >= 0.3 is 0 Å². The van der Waals surface area contributed by atoms with Crippen LogP contribution in [0.25, 0.3) is 0 Å². The molecule has 144 valence electrons. The second-order valence-corrected chi connectivity index (χ2v) is 10.3. The maximum atomic E-state index is 9.25. The van der Waals surface area contributed by atoms with Crippen LogP contribution in [0, 0.1) is 46.8 Å². The van der Waals surface area contributed by atoms with E-state index in [1.54, 1.807) is 0 Å². The van der Waals surface area contributed by atoms with Gasteiger partial charge in [0.25, 0.3) is 0 Å². The third-order valence-electron chi connectivity index (χ3n) is 9.62. The van der Waals surface area contributed by atoms with Crippen LogP contribution in [-0.4, -0.2) is 23.1 Å². The minimum atomic E-state index is 0.0262. The van der Waals surface area contributed by atoms with Crippen molar-refractivity contribution >= 4 is 5.71 Å².